The Morgan fingerprint density at radius 2 is 1.62 bits per heavy atom. The summed E-state index contributed by atoms with van der Waals surface area (Å²) < 4.78 is 4.83. The molecule has 0 unspecified atom stereocenters. The van der Waals surface area contributed by atoms with E-state index in [2.05, 4.69) is 10.2 Å². The van der Waals surface area contributed by atoms with Crippen LogP contribution < -0.4 is 10.2 Å². The Kier molecular flexibility index (Phi) is 8.25. The van der Waals surface area contributed by atoms with Crippen LogP contribution in [0.25, 0.3) is 0 Å². The number of piperazine rings is 1. The van der Waals surface area contributed by atoms with Gasteiger partial charge in [0.15, 0.2) is 0 Å². The van der Waals surface area contributed by atoms with Crippen LogP contribution in [0.15, 0.2) is 48.5 Å². The number of carbonyl (C=O) groups excluding carboxylic acids is 3. The first kappa shape index (κ1) is 23.3. The molecule has 0 aromatic heterocycles. The van der Waals surface area contributed by atoms with Crippen LogP contribution in [0.4, 0.5) is 11.4 Å². The Bertz CT molecular complexity index is 934. The lowest BCUT2D eigenvalue weighted by Crippen LogP contribution is -2.49. The molecule has 170 valence electrons. The van der Waals surface area contributed by atoms with Crippen molar-refractivity contribution < 1.29 is 19.1 Å². The van der Waals surface area contributed by atoms with E-state index in [1.165, 1.54) is 0 Å². The summed E-state index contributed by atoms with van der Waals surface area (Å²) in [4.78, 5) is 40.2. The molecule has 7 nitrogen and oxygen atoms in total. The first-order valence-corrected chi connectivity index (χ1v) is 11.1. The lowest BCUT2D eigenvalue weighted by atomic mass is 10.1. The first-order chi connectivity index (χ1) is 15.5. The average molecular weight is 438 g/mol. The zero-order valence-corrected chi connectivity index (χ0v) is 18.8. The number of amides is 2. The van der Waals surface area contributed by atoms with Gasteiger partial charge in [-0.05, 0) is 49.2 Å². The van der Waals surface area contributed by atoms with E-state index in [0.29, 0.717) is 31.8 Å². The zero-order chi connectivity index (χ0) is 22.9. The zero-order valence-electron chi connectivity index (χ0n) is 18.8. The second-order valence-corrected chi connectivity index (χ2v) is 7.87. The Morgan fingerprint density at radius 1 is 0.938 bits per heavy atom. The second-order valence-electron chi connectivity index (χ2n) is 7.87. The van der Waals surface area contributed by atoms with E-state index in [0.717, 1.165) is 29.9 Å². The van der Waals surface area contributed by atoms with Crippen molar-refractivity contribution >= 4 is 29.2 Å². The quantitative estimate of drug-likeness (QED) is 0.642. The number of hydrogen-bond donors (Lipinski definition) is 1. The number of rotatable bonds is 8. The predicted octanol–water partition coefficient (Wildman–Crippen LogP) is 3.17. The van der Waals surface area contributed by atoms with Gasteiger partial charge in [0.05, 0.1) is 19.4 Å². The van der Waals surface area contributed by atoms with Gasteiger partial charge in [-0.2, -0.15) is 0 Å². The molecule has 0 bridgehead atoms. The molecule has 1 N–H and O–H groups in total. The number of anilines is 2. The van der Waals surface area contributed by atoms with Gasteiger partial charge in [0.2, 0.25) is 11.8 Å². The third-order valence-electron chi connectivity index (χ3n) is 5.61. The largest absolute Gasteiger partial charge is 0.466 e. The van der Waals surface area contributed by atoms with Crippen molar-refractivity contribution in [2.45, 2.75) is 33.1 Å². The van der Waals surface area contributed by atoms with E-state index >= 15 is 0 Å². The molecule has 32 heavy (non-hydrogen) atoms. The molecule has 2 aromatic carbocycles. The van der Waals surface area contributed by atoms with Crippen LogP contribution in [0, 0.1) is 6.92 Å². The molecular weight excluding hydrogens is 406 g/mol. The molecule has 0 saturated carbocycles. The van der Waals surface area contributed by atoms with Crippen molar-refractivity contribution in [3.63, 3.8) is 0 Å². The molecular formula is C25H31N3O4. The summed E-state index contributed by atoms with van der Waals surface area (Å²) in [6.07, 6.45) is 0.612. The molecule has 2 amide bonds. The van der Waals surface area contributed by atoms with Crippen molar-refractivity contribution in [3.05, 3.63) is 59.7 Å². The summed E-state index contributed by atoms with van der Waals surface area (Å²) in [6.45, 7) is 7.01. The van der Waals surface area contributed by atoms with Crippen LogP contribution in [0.3, 0.4) is 0 Å². The Balaban J connectivity index is 1.45. The fraction of sp³-hybridized carbons (Fsp3) is 0.400. The lowest BCUT2D eigenvalue weighted by Gasteiger charge is -2.36. The standard InChI is InChI=1S/C25H31N3O4/c1-3-32-25(31)13-12-23(29)26-21-8-10-22(11-9-21)27-14-16-28(17-15-27)24(30)18-20-7-5-4-6-19(20)2/h4-11H,3,12-18H2,1-2H3,(H,26,29). The normalized spacial score (nSPS) is 13.6. The van der Waals surface area contributed by atoms with Gasteiger partial charge in [-0.1, -0.05) is 24.3 Å². The Hall–Kier alpha value is -3.35. The molecule has 1 fully saturated rings. The van der Waals surface area contributed by atoms with Gasteiger partial charge in [-0.3, -0.25) is 14.4 Å². The van der Waals surface area contributed by atoms with Crippen LogP contribution in [0.2, 0.25) is 0 Å². The maximum atomic E-state index is 12.7. The molecule has 1 heterocycles. The van der Waals surface area contributed by atoms with Gasteiger partial charge in [0.1, 0.15) is 0 Å². The number of ether oxygens (including phenoxy) is 1. The van der Waals surface area contributed by atoms with Crippen LogP contribution in [-0.2, 0) is 25.5 Å². The van der Waals surface area contributed by atoms with Gasteiger partial charge in [0, 0.05) is 44.0 Å². The monoisotopic (exact) mass is 437 g/mol. The summed E-state index contributed by atoms with van der Waals surface area (Å²) in [5, 5.41) is 2.80. The summed E-state index contributed by atoms with van der Waals surface area (Å²) in [7, 11) is 0. The van der Waals surface area contributed by atoms with Gasteiger partial charge in [-0.25, -0.2) is 0 Å². The SMILES string of the molecule is CCOC(=O)CCC(=O)Nc1ccc(N2CCN(C(=O)Cc3ccccc3C)CC2)cc1. The minimum atomic E-state index is -0.366. The highest BCUT2D eigenvalue weighted by atomic mass is 16.5. The van der Waals surface area contributed by atoms with Crippen molar-refractivity contribution in [1.82, 2.24) is 4.90 Å². The highest BCUT2D eigenvalue weighted by molar-refractivity contribution is 5.92. The number of aryl methyl sites for hydroxylation is 1. The van der Waals surface area contributed by atoms with E-state index < -0.39 is 0 Å². The van der Waals surface area contributed by atoms with Crippen molar-refractivity contribution in [2.24, 2.45) is 0 Å². The average Bonchev–Trinajstić information content (AvgIpc) is 2.80. The smallest absolute Gasteiger partial charge is 0.306 e. The minimum absolute atomic E-state index is 0.0740. The number of nitrogens with zero attached hydrogens (tertiary/aromatic N) is 2. The fourth-order valence-corrected chi connectivity index (χ4v) is 3.73. The molecule has 0 aliphatic carbocycles. The van der Waals surface area contributed by atoms with Gasteiger partial charge in [-0.15, -0.1) is 0 Å². The number of esters is 1. The lowest BCUT2D eigenvalue weighted by molar-refractivity contribution is -0.144. The van der Waals surface area contributed by atoms with Crippen molar-refractivity contribution in [1.29, 1.82) is 0 Å². The highest BCUT2D eigenvalue weighted by Crippen LogP contribution is 2.20. The predicted molar refractivity (Wildman–Crippen MR) is 125 cm³/mol. The molecule has 2 aromatic rings. The second kappa shape index (κ2) is 11.3. The van der Waals surface area contributed by atoms with E-state index in [9.17, 15) is 14.4 Å². The molecule has 3 rings (SSSR count). The fourth-order valence-electron chi connectivity index (χ4n) is 3.73. The van der Waals surface area contributed by atoms with Gasteiger partial charge < -0.3 is 19.9 Å². The third kappa shape index (κ3) is 6.57. The summed E-state index contributed by atoms with van der Waals surface area (Å²) in [5.74, 6) is -0.416. The van der Waals surface area contributed by atoms with Crippen LogP contribution in [0.1, 0.15) is 30.9 Å². The highest BCUT2D eigenvalue weighted by Gasteiger charge is 2.21. The van der Waals surface area contributed by atoms with Crippen molar-refractivity contribution in [3.8, 4) is 0 Å². The third-order valence-corrected chi connectivity index (χ3v) is 5.61. The Labute approximate surface area is 189 Å². The maximum Gasteiger partial charge on any atom is 0.306 e. The van der Waals surface area contributed by atoms with E-state index in [1.807, 2.05) is 60.4 Å². The van der Waals surface area contributed by atoms with E-state index in [-0.39, 0.29) is 30.6 Å². The summed E-state index contributed by atoms with van der Waals surface area (Å²) >= 11 is 0. The first-order valence-electron chi connectivity index (χ1n) is 11.1. The van der Waals surface area contributed by atoms with E-state index in [1.54, 1.807) is 6.92 Å². The van der Waals surface area contributed by atoms with Gasteiger partial charge >= 0.3 is 5.97 Å². The molecule has 0 radical (unpaired) electrons. The summed E-state index contributed by atoms with van der Waals surface area (Å²) in [5.41, 5.74) is 3.97. The van der Waals surface area contributed by atoms with E-state index in [4.69, 9.17) is 4.74 Å². The molecule has 1 aliphatic heterocycles. The van der Waals surface area contributed by atoms with Crippen LogP contribution in [-0.4, -0.2) is 55.5 Å². The van der Waals surface area contributed by atoms with Crippen LogP contribution >= 0.6 is 0 Å². The minimum Gasteiger partial charge on any atom is -0.466 e. The number of hydrogen-bond acceptors (Lipinski definition) is 5. The van der Waals surface area contributed by atoms with Crippen LogP contribution in [0.5, 0.6) is 0 Å². The molecule has 0 atom stereocenters. The topological polar surface area (TPSA) is 79.0 Å². The molecule has 0 spiro atoms. The maximum absolute atomic E-state index is 12.7. The molecule has 1 saturated heterocycles. The summed E-state index contributed by atoms with van der Waals surface area (Å²) in [6, 6.07) is 15.6. The molecule has 1 aliphatic rings. The number of nitrogens with one attached hydrogen (secondary N) is 1. The van der Waals surface area contributed by atoms with Crippen molar-refractivity contribution in [2.75, 3.05) is 43.0 Å². The number of benzene rings is 2. The Morgan fingerprint density at radius 3 is 2.28 bits per heavy atom. The van der Waals surface area contributed by atoms with Gasteiger partial charge in [0.25, 0.3) is 0 Å². The molecule has 7 heteroatoms. The number of carbonyl (C=O) groups is 3.